The van der Waals surface area contributed by atoms with E-state index in [2.05, 4.69) is 10.0 Å². The van der Waals surface area contributed by atoms with Gasteiger partial charge < -0.3 is 5.32 Å². The van der Waals surface area contributed by atoms with Gasteiger partial charge in [0.25, 0.3) is 0 Å². The van der Waals surface area contributed by atoms with Crippen molar-refractivity contribution in [3.8, 4) is 0 Å². The maximum absolute atomic E-state index is 13.0. The molecule has 3 aromatic rings. The van der Waals surface area contributed by atoms with Crippen molar-refractivity contribution in [2.75, 3.05) is 5.32 Å². The van der Waals surface area contributed by atoms with Gasteiger partial charge in [-0.1, -0.05) is 29.8 Å². The number of carbonyl (C=O) groups excluding carboxylic acids is 1. The van der Waals surface area contributed by atoms with Gasteiger partial charge in [-0.15, -0.1) is 11.3 Å². The van der Waals surface area contributed by atoms with Crippen molar-refractivity contribution in [1.82, 2.24) is 4.72 Å². The summed E-state index contributed by atoms with van der Waals surface area (Å²) in [5.74, 6) is -0.0872. The third kappa shape index (κ3) is 5.98. The molecule has 1 fully saturated rings. The lowest BCUT2D eigenvalue weighted by molar-refractivity contribution is -0.137. The molecule has 0 unspecified atom stereocenters. The van der Waals surface area contributed by atoms with Crippen molar-refractivity contribution in [2.24, 2.45) is 11.8 Å². The molecular formula is C27H24ClF3N2O3S2. The monoisotopic (exact) mass is 580 g/mol. The summed E-state index contributed by atoms with van der Waals surface area (Å²) in [6.07, 6.45) is 1.60. The minimum atomic E-state index is -4.41. The third-order valence-corrected chi connectivity index (χ3v) is 10.3. The summed E-state index contributed by atoms with van der Waals surface area (Å²) < 4.78 is 67.6. The molecule has 11 heteroatoms. The van der Waals surface area contributed by atoms with E-state index < -0.39 is 27.7 Å². The highest BCUT2D eigenvalue weighted by Crippen LogP contribution is 2.41. The van der Waals surface area contributed by atoms with Crippen LogP contribution in [0.4, 0.5) is 18.9 Å². The summed E-state index contributed by atoms with van der Waals surface area (Å²) in [4.78, 5) is 12.5. The first-order valence-corrected chi connectivity index (χ1v) is 14.7. The fourth-order valence-corrected chi connectivity index (χ4v) is 8.17. The molecule has 5 nitrogen and oxygen atoms in total. The van der Waals surface area contributed by atoms with Crippen LogP contribution in [0.1, 0.15) is 35.1 Å². The second kappa shape index (κ2) is 10.5. The Morgan fingerprint density at radius 1 is 0.974 bits per heavy atom. The van der Waals surface area contributed by atoms with Crippen molar-refractivity contribution in [2.45, 2.75) is 42.1 Å². The maximum Gasteiger partial charge on any atom is 0.416 e. The number of halogens is 4. The number of benzene rings is 2. The zero-order chi connectivity index (χ0) is 27.1. The van der Waals surface area contributed by atoms with Crippen LogP contribution in [0.15, 0.2) is 64.9 Å². The van der Waals surface area contributed by atoms with Crippen molar-refractivity contribution in [3.05, 3.63) is 87.3 Å². The Morgan fingerprint density at radius 2 is 1.66 bits per heavy atom. The van der Waals surface area contributed by atoms with Crippen molar-refractivity contribution in [3.63, 3.8) is 0 Å². The van der Waals surface area contributed by atoms with Crippen molar-refractivity contribution < 1.29 is 26.4 Å². The standard InChI is InChI=1S/C27H24ClF3N2O3S2/c28-23-10-12-25(37-23)38(35,36)33-26-18-4-5-19(26)14-20-15-22(9-6-17(20)13-18)32-24(34)11-3-16-1-7-21(8-2-16)27(29,30)31/h1-3,6-12,15,18-19,26,33H,4-5,13-14H2,(H,32,34)/b11-3+/t18-,19+,26-/m1/s1. The first-order valence-electron chi connectivity index (χ1n) is 12.0. The van der Waals surface area contributed by atoms with Gasteiger partial charge in [0.05, 0.1) is 9.90 Å². The molecule has 1 aromatic heterocycles. The Kier molecular flexibility index (Phi) is 7.43. The smallest absolute Gasteiger partial charge is 0.323 e. The van der Waals surface area contributed by atoms with Gasteiger partial charge in [0.1, 0.15) is 4.21 Å². The molecule has 5 rings (SSSR count). The van der Waals surface area contributed by atoms with Gasteiger partial charge in [0.2, 0.25) is 15.9 Å². The van der Waals surface area contributed by atoms with E-state index in [1.54, 1.807) is 6.07 Å². The van der Waals surface area contributed by atoms with Gasteiger partial charge in [0.15, 0.2) is 0 Å². The normalized spacial score (nSPS) is 21.3. The maximum atomic E-state index is 13.0. The summed E-state index contributed by atoms with van der Waals surface area (Å²) in [5.41, 5.74) is 2.55. The lowest BCUT2D eigenvalue weighted by atomic mass is 9.93. The Morgan fingerprint density at radius 3 is 2.29 bits per heavy atom. The van der Waals surface area contributed by atoms with Gasteiger partial charge in [-0.25, -0.2) is 13.1 Å². The number of fused-ring (bicyclic) bond motifs is 3. The lowest BCUT2D eigenvalue weighted by Crippen LogP contribution is -2.41. The van der Waals surface area contributed by atoms with E-state index in [0.29, 0.717) is 22.0 Å². The average molecular weight is 581 g/mol. The van der Waals surface area contributed by atoms with Gasteiger partial charge in [-0.2, -0.15) is 13.2 Å². The van der Waals surface area contributed by atoms with Crippen LogP contribution in [0.5, 0.6) is 0 Å². The fraction of sp³-hybridized carbons (Fsp3) is 0.296. The summed E-state index contributed by atoms with van der Waals surface area (Å²) in [5, 5.41) is 2.81. The van der Waals surface area contributed by atoms with Gasteiger partial charge >= 0.3 is 6.18 Å². The zero-order valence-corrected chi connectivity index (χ0v) is 22.4. The van der Waals surface area contributed by atoms with E-state index >= 15 is 0 Å². The van der Waals surface area contributed by atoms with E-state index in [1.165, 1.54) is 30.4 Å². The lowest BCUT2D eigenvalue weighted by Gasteiger charge is -2.23. The number of hydrogen-bond acceptors (Lipinski definition) is 4. The first-order chi connectivity index (χ1) is 18.0. The predicted molar refractivity (Wildman–Crippen MR) is 143 cm³/mol. The molecule has 0 radical (unpaired) electrons. The minimum absolute atomic E-state index is 0.136. The molecule has 38 heavy (non-hydrogen) atoms. The number of alkyl halides is 3. The highest BCUT2D eigenvalue weighted by molar-refractivity contribution is 7.91. The Labute approximate surface area is 227 Å². The summed E-state index contributed by atoms with van der Waals surface area (Å²) in [6.45, 7) is 0. The molecule has 0 spiro atoms. The molecule has 200 valence electrons. The van der Waals surface area contributed by atoms with Crippen LogP contribution in [0.2, 0.25) is 4.34 Å². The molecule has 2 aliphatic carbocycles. The highest BCUT2D eigenvalue weighted by atomic mass is 35.5. The van der Waals surface area contributed by atoms with Crippen LogP contribution in [0.3, 0.4) is 0 Å². The Balaban J connectivity index is 1.25. The van der Waals surface area contributed by atoms with Gasteiger partial charge in [0, 0.05) is 17.8 Å². The molecule has 1 amide bonds. The molecule has 2 aliphatic rings. The quantitative estimate of drug-likeness (QED) is 0.325. The molecule has 0 saturated heterocycles. The fourth-order valence-electron chi connectivity index (χ4n) is 5.30. The molecule has 2 N–H and O–H groups in total. The van der Waals surface area contributed by atoms with Crippen molar-refractivity contribution >= 4 is 50.6 Å². The number of amides is 1. The van der Waals surface area contributed by atoms with E-state index in [9.17, 15) is 26.4 Å². The Hall–Kier alpha value is -2.66. The zero-order valence-electron chi connectivity index (χ0n) is 20.0. The van der Waals surface area contributed by atoms with Crippen LogP contribution in [-0.4, -0.2) is 20.4 Å². The largest absolute Gasteiger partial charge is 0.416 e. The van der Waals surface area contributed by atoms with E-state index in [0.717, 1.165) is 53.9 Å². The molecule has 1 heterocycles. The third-order valence-electron chi connectivity index (χ3n) is 7.13. The van der Waals surface area contributed by atoms with E-state index in [1.807, 2.05) is 18.2 Å². The number of hydrogen-bond donors (Lipinski definition) is 2. The van der Waals surface area contributed by atoms with Gasteiger partial charge in [-0.05, 0) is 96.7 Å². The number of carbonyl (C=O) groups is 1. The number of sulfonamides is 1. The summed E-state index contributed by atoms with van der Waals surface area (Å²) in [6, 6.07) is 13.2. The van der Waals surface area contributed by atoms with Crippen LogP contribution in [0.25, 0.3) is 6.08 Å². The average Bonchev–Trinajstić information content (AvgIpc) is 3.41. The Bertz CT molecular complexity index is 1480. The number of anilines is 1. The predicted octanol–water partition coefficient (Wildman–Crippen LogP) is 6.54. The minimum Gasteiger partial charge on any atom is -0.323 e. The molecule has 1 saturated carbocycles. The molecule has 2 bridgehead atoms. The van der Waals surface area contributed by atoms with Crippen LogP contribution in [-0.2, 0) is 33.8 Å². The highest BCUT2D eigenvalue weighted by Gasteiger charge is 2.41. The number of thiophene rings is 1. The summed E-state index contributed by atoms with van der Waals surface area (Å²) >= 11 is 6.98. The molecule has 0 aliphatic heterocycles. The molecular weight excluding hydrogens is 557 g/mol. The number of rotatable bonds is 6. The second-order valence-electron chi connectivity index (χ2n) is 9.64. The van der Waals surface area contributed by atoms with Gasteiger partial charge in [-0.3, -0.25) is 4.79 Å². The first kappa shape index (κ1) is 26.9. The van der Waals surface area contributed by atoms with Crippen LogP contribution >= 0.6 is 22.9 Å². The van der Waals surface area contributed by atoms with E-state index in [-0.39, 0.29) is 22.1 Å². The van der Waals surface area contributed by atoms with Crippen LogP contribution in [0, 0.1) is 11.8 Å². The number of nitrogens with one attached hydrogen (secondary N) is 2. The van der Waals surface area contributed by atoms with E-state index in [4.69, 9.17) is 11.6 Å². The molecule has 2 aromatic carbocycles. The van der Waals surface area contributed by atoms with Crippen LogP contribution < -0.4 is 10.0 Å². The second-order valence-corrected chi connectivity index (χ2v) is 13.3. The molecule has 3 atom stereocenters. The SMILES string of the molecule is O=C(/C=C/c1ccc(C(F)(F)F)cc1)Nc1ccc2c(c1)C[C@@H]1CC[C@H](C2)[C@H]1NS(=O)(=O)c1ccc(Cl)s1. The summed E-state index contributed by atoms with van der Waals surface area (Å²) in [7, 11) is -3.67. The topological polar surface area (TPSA) is 75.3 Å². The van der Waals surface area contributed by atoms with Crippen molar-refractivity contribution in [1.29, 1.82) is 0 Å².